The molecule has 1 aliphatic heterocycles. The van der Waals surface area contributed by atoms with Gasteiger partial charge in [-0.15, -0.1) is 10.2 Å². The number of nitrogens with one attached hydrogen (secondary N) is 1. The zero-order valence-corrected chi connectivity index (χ0v) is 12.6. The van der Waals surface area contributed by atoms with Crippen molar-refractivity contribution in [2.45, 2.75) is 51.1 Å². The molecule has 0 fully saturated rings. The first-order valence-electron chi connectivity index (χ1n) is 8.07. The molecule has 1 aromatic carbocycles. The molecule has 4 rings (SSSR count). The van der Waals surface area contributed by atoms with Crippen LogP contribution in [0.4, 0.5) is 0 Å². The zero-order chi connectivity index (χ0) is 14.9. The highest BCUT2D eigenvalue weighted by atomic mass is 16.1. The largest absolute Gasteiger partial charge is 0.349 e. The van der Waals surface area contributed by atoms with Gasteiger partial charge >= 0.3 is 0 Å². The molecule has 1 N–H and O–H groups in total. The summed E-state index contributed by atoms with van der Waals surface area (Å²) in [5.74, 6) is 2.40. The van der Waals surface area contributed by atoms with E-state index in [4.69, 9.17) is 0 Å². The molecule has 2 heterocycles. The lowest BCUT2D eigenvalue weighted by molar-refractivity contribution is -0.121. The highest BCUT2D eigenvalue weighted by Crippen LogP contribution is 2.35. The van der Waals surface area contributed by atoms with Crippen LogP contribution in [0.1, 0.15) is 48.0 Å². The predicted molar refractivity (Wildman–Crippen MR) is 82.3 cm³/mol. The fraction of sp³-hybridized carbons (Fsp3) is 0.471. The number of carbonyl (C=O) groups is 1. The van der Waals surface area contributed by atoms with Crippen LogP contribution in [-0.4, -0.2) is 20.7 Å². The van der Waals surface area contributed by atoms with Gasteiger partial charge in [-0.25, -0.2) is 0 Å². The first kappa shape index (κ1) is 13.5. The molecule has 2 aliphatic rings. The molecule has 0 saturated carbocycles. The summed E-state index contributed by atoms with van der Waals surface area (Å²) in [6.07, 6.45) is 4.86. The lowest BCUT2D eigenvalue weighted by atomic mass is 9.97. The van der Waals surface area contributed by atoms with Crippen LogP contribution in [0.15, 0.2) is 24.3 Å². The maximum Gasteiger partial charge on any atom is 0.220 e. The summed E-state index contributed by atoms with van der Waals surface area (Å²) < 4.78 is 2.13. The molecule has 1 atom stereocenters. The number of carbonyl (C=O) groups excluding carboxylic acids is 1. The number of benzene rings is 1. The third-order valence-electron chi connectivity index (χ3n) is 4.82. The van der Waals surface area contributed by atoms with E-state index < -0.39 is 0 Å². The Balaban J connectivity index is 1.36. The predicted octanol–water partition coefficient (Wildman–Crippen LogP) is 1.96. The molecule has 0 saturated heterocycles. The third kappa shape index (κ3) is 2.40. The van der Waals surface area contributed by atoms with Crippen LogP contribution in [0.5, 0.6) is 0 Å². The van der Waals surface area contributed by atoms with Gasteiger partial charge in [-0.05, 0) is 36.3 Å². The Labute approximate surface area is 129 Å². The summed E-state index contributed by atoms with van der Waals surface area (Å²) in [6, 6.07) is 8.47. The van der Waals surface area contributed by atoms with Gasteiger partial charge in [-0.1, -0.05) is 24.3 Å². The number of aryl methyl sites for hydroxylation is 2. The van der Waals surface area contributed by atoms with Crippen molar-refractivity contribution >= 4 is 5.91 Å². The van der Waals surface area contributed by atoms with Gasteiger partial charge in [0.15, 0.2) is 5.82 Å². The van der Waals surface area contributed by atoms with Crippen LogP contribution in [0.3, 0.4) is 0 Å². The summed E-state index contributed by atoms with van der Waals surface area (Å²) in [7, 11) is 0. The highest BCUT2D eigenvalue weighted by molar-refractivity contribution is 5.77. The summed E-state index contributed by atoms with van der Waals surface area (Å²) >= 11 is 0. The Morgan fingerprint density at radius 1 is 1.27 bits per heavy atom. The maximum atomic E-state index is 12.2. The van der Waals surface area contributed by atoms with Gasteiger partial charge in [0.1, 0.15) is 5.82 Å². The molecule has 0 spiro atoms. The summed E-state index contributed by atoms with van der Waals surface area (Å²) in [6.45, 7) is 1.46. The number of fused-ring (bicyclic) bond motifs is 2. The molecular weight excluding hydrogens is 276 g/mol. The van der Waals surface area contributed by atoms with E-state index in [1.165, 1.54) is 11.1 Å². The van der Waals surface area contributed by atoms with Gasteiger partial charge in [0.25, 0.3) is 0 Å². The van der Waals surface area contributed by atoms with E-state index in [2.05, 4.69) is 44.3 Å². The van der Waals surface area contributed by atoms with Gasteiger partial charge in [0, 0.05) is 19.4 Å². The molecule has 114 valence electrons. The first-order valence-corrected chi connectivity index (χ1v) is 8.07. The highest BCUT2D eigenvalue weighted by Gasteiger charge is 2.24. The Bertz CT molecular complexity index is 706. The van der Waals surface area contributed by atoms with Crippen molar-refractivity contribution in [2.75, 3.05) is 0 Å². The van der Waals surface area contributed by atoms with E-state index in [-0.39, 0.29) is 5.91 Å². The van der Waals surface area contributed by atoms with Gasteiger partial charge < -0.3 is 9.88 Å². The fourth-order valence-corrected chi connectivity index (χ4v) is 3.67. The van der Waals surface area contributed by atoms with Crippen molar-refractivity contribution in [3.8, 4) is 0 Å². The van der Waals surface area contributed by atoms with Crippen LogP contribution >= 0.6 is 0 Å². The lowest BCUT2D eigenvalue weighted by Gasteiger charge is -2.11. The van der Waals surface area contributed by atoms with Crippen molar-refractivity contribution in [1.82, 2.24) is 20.1 Å². The van der Waals surface area contributed by atoms with Crippen LogP contribution in [0.2, 0.25) is 0 Å². The van der Waals surface area contributed by atoms with E-state index in [1.807, 2.05) is 0 Å². The summed E-state index contributed by atoms with van der Waals surface area (Å²) in [5, 5.41) is 11.4. The zero-order valence-electron chi connectivity index (χ0n) is 12.6. The SMILES string of the molecule is O=C(C[C@@H]1CCc2ccccc21)NCc1nnc2n1CCC2. The molecule has 0 bridgehead atoms. The van der Waals surface area contributed by atoms with Crippen LogP contribution in [0, 0.1) is 0 Å². The standard InChI is InChI=1S/C17H20N4O/c22-17(10-13-8-7-12-4-1-2-5-14(12)13)18-11-16-20-19-15-6-3-9-21(15)16/h1-2,4-5,13H,3,6-11H2,(H,18,22)/t13-/m0/s1. The number of hydrogen-bond donors (Lipinski definition) is 1. The maximum absolute atomic E-state index is 12.2. The number of amides is 1. The molecule has 22 heavy (non-hydrogen) atoms. The molecule has 5 nitrogen and oxygen atoms in total. The Morgan fingerprint density at radius 2 is 2.18 bits per heavy atom. The van der Waals surface area contributed by atoms with Crippen molar-refractivity contribution in [3.63, 3.8) is 0 Å². The first-order chi connectivity index (χ1) is 10.8. The molecular formula is C17H20N4O. The monoisotopic (exact) mass is 296 g/mol. The Kier molecular flexibility index (Phi) is 3.41. The lowest BCUT2D eigenvalue weighted by Crippen LogP contribution is -2.25. The second kappa shape index (κ2) is 5.55. The van der Waals surface area contributed by atoms with E-state index in [0.717, 1.165) is 43.9 Å². The number of aromatic nitrogens is 3. The summed E-state index contributed by atoms with van der Waals surface area (Å²) in [4.78, 5) is 12.2. The van der Waals surface area contributed by atoms with Gasteiger partial charge in [-0.3, -0.25) is 4.79 Å². The average molecular weight is 296 g/mol. The molecule has 0 radical (unpaired) electrons. The minimum Gasteiger partial charge on any atom is -0.349 e. The van der Waals surface area contributed by atoms with Gasteiger partial charge in [0.05, 0.1) is 6.54 Å². The second-order valence-corrected chi connectivity index (χ2v) is 6.20. The summed E-state index contributed by atoms with van der Waals surface area (Å²) in [5.41, 5.74) is 2.75. The minimum atomic E-state index is 0.108. The van der Waals surface area contributed by atoms with E-state index >= 15 is 0 Å². The molecule has 0 unspecified atom stereocenters. The fourth-order valence-electron chi connectivity index (χ4n) is 3.67. The van der Waals surface area contributed by atoms with Crippen molar-refractivity contribution < 1.29 is 4.79 Å². The molecule has 1 amide bonds. The van der Waals surface area contributed by atoms with Crippen molar-refractivity contribution in [3.05, 3.63) is 47.0 Å². The molecule has 2 aromatic rings. The van der Waals surface area contributed by atoms with Crippen LogP contribution in [0.25, 0.3) is 0 Å². The Morgan fingerprint density at radius 3 is 3.14 bits per heavy atom. The van der Waals surface area contributed by atoms with E-state index in [9.17, 15) is 4.79 Å². The molecule has 1 aliphatic carbocycles. The molecule has 1 aromatic heterocycles. The quantitative estimate of drug-likeness (QED) is 0.938. The number of nitrogens with zero attached hydrogens (tertiary/aromatic N) is 3. The number of hydrogen-bond acceptors (Lipinski definition) is 3. The van der Waals surface area contributed by atoms with E-state index in [1.54, 1.807) is 0 Å². The minimum absolute atomic E-state index is 0.108. The third-order valence-corrected chi connectivity index (χ3v) is 4.82. The van der Waals surface area contributed by atoms with Crippen molar-refractivity contribution in [2.24, 2.45) is 0 Å². The van der Waals surface area contributed by atoms with E-state index in [0.29, 0.717) is 18.9 Å². The van der Waals surface area contributed by atoms with Gasteiger partial charge in [0.2, 0.25) is 5.91 Å². The van der Waals surface area contributed by atoms with Crippen LogP contribution in [-0.2, 0) is 30.7 Å². The topological polar surface area (TPSA) is 59.8 Å². The second-order valence-electron chi connectivity index (χ2n) is 6.20. The average Bonchev–Trinajstić information content (AvgIpc) is 3.22. The smallest absolute Gasteiger partial charge is 0.220 e. The van der Waals surface area contributed by atoms with Crippen LogP contribution < -0.4 is 5.32 Å². The number of rotatable bonds is 4. The van der Waals surface area contributed by atoms with Crippen molar-refractivity contribution in [1.29, 1.82) is 0 Å². The Hall–Kier alpha value is -2.17. The van der Waals surface area contributed by atoms with Gasteiger partial charge in [-0.2, -0.15) is 0 Å². The molecule has 5 heteroatoms. The normalized spacial score (nSPS) is 19.0.